The van der Waals surface area contributed by atoms with Crippen molar-refractivity contribution in [3.05, 3.63) is 29.3 Å². The first-order valence-electron chi connectivity index (χ1n) is 8.63. The highest BCUT2D eigenvalue weighted by Gasteiger charge is 2.37. The van der Waals surface area contributed by atoms with E-state index >= 15 is 0 Å². The van der Waals surface area contributed by atoms with E-state index in [2.05, 4.69) is 48.9 Å². The van der Waals surface area contributed by atoms with Crippen LogP contribution in [0.1, 0.15) is 45.2 Å². The van der Waals surface area contributed by atoms with E-state index in [9.17, 15) is 9.90 Å². The summed E-state index contributed by atoms with van der Waals surface area (Å²) in [6.45, 7) is 7.83. The first-order chi connectivity index (χ1) is 11.5. The van der Waals surface area contributed by atoms with Gasteiger partial charge in [-0.05, 0) is 37.5 Å². The maximum Gasteiger partial charge on any atom is 0.407 e. The van der Waals surface area contributed by atoms with Crippen LogP contribution in [0.5, 0.6) is 0 Å². The standard InChI is InChI=1S/C18H25N3O2S/c1-4-14-10-21(18(22)23)15(5-2)9-20(14)12(3)13-6-7-16-17(8-13)24-11-19-16/h6-8,11-12,14-15H,4-5,9-10H2,1-3H3,(H,22,23)/t12?,14-,15+/m1/s1. The molecule has 1 fully saturated rings. The molecule has 1 saturated heterocycles. The lowest BCUT2D eigenvalue weighted by atomic mass is 9.97. The van der Waals surface area contributed by atoms with Crippen LogP contribution in [0.25, 0.3) is 10.2 Å². The monoisotopic (exact) mass is 347 g/mol. The van der Waals surface area contributed by atoms with Gasteiger partial charge in [-0.3, -0.25) is 4.90 Å². The van der Waals surface area contributed by atoms with Gasteiger partial charge in [-0.1, -0.05) is 19.9 Å². The molecule has 1 aliphatic heterocycles. The highest BCUT2D eigenvalue weighted by molar-refractivity contribution is 7.16. The van der Waals surface area contributed by atoms with Crippen molar-refractivity contribution in [1.29, 1.82) is 0 Å². The summed E-state index contributed by atoms with van der Waals surface area (Å²) in [5.74, 6) is 0. The molecule has 24 heavy (non-hydrogen) atoms. The maximum atomic E-state index is 11.6. The number of nitrogens with zero attached hydrogens (tertiary/aromatic N) is 3. The quantitative estimate of drug-likeness (QED) is 0.900. The van der Waals surface area contributed by atoms with Crippen molar-refractivity contribution in [2.45, 2.75) is 51.7 Å². The molecule has 0 spiro atoms. The summed E-state index contributed by atoms with van der Waals surface area (Å²) in [4.78, 5) is 20.0. The molecule has 6 heteroatoms. The Hall–Kier alpha value is -1.66. The van der Waals surface area contributed by atoms with Crippen LogP contribution in [0.15, 0.2) is 23.7 Å². The molecule has 0 bridgehead atoms. The number of aromatic nitrogens is 1. The van der Waals surface area contributed by atoms with Crippen LogP contribution in [0.2, 0.25) is 0 Å². The minimum Gasteiger partial charge on any atom is -0.465 e. The Balaban J connectivity index is 1.86. The normalized spacial score (nSPS) is 23.5. The predicted molar refractivity (Wildman–Crippen MR) is 97.6 cm³/mol. The van der Waals surface area contributed by atoms with Crippen LogP contribution in [-0.2, 0) is 0 Å². The fraction of sp³-hybridized carbons (Fsp3) is 0.556. The van der Waals surface area contributed by atoms with Gasteiger partial charge in [-0.2, -0.15) is 0 Å². The van der Waals surface area contributed by atoms with Crippen molar-refractivity contribution in [3.63, 3.8) is 0 Å². The Morgan fingerprint density at radius 3 is 2.75 bits per heavy atom. The van der Waals surface area contributed by atoms with Gasteiger partial charge in [0.15, 0.2) is 0 Å². The van der Waals surface area contributed by atoms with Crippen molar-refractivity contribution < 1.29 is 9.90 Å². The zero-order chi connectivity index (χ0) is 17.3. The molecular weight excluding hydrogens is 322 g/mol. The molecule has 2 aromatic rings. The van der Waals surface area contributed by atoms with Gasteiger partial charge in [-0.25, -0.2) is 9.78 Å². The Labute approximate surface area is 146 Å². The Morgan fingerprint density at radius 2 is 2.08 bits per heavy atom. The average Bonchev–Trinajstić information content (AvgIpc) is 3.07. The van der Waals surface area contributed by atoms with Crippen LogP contribution >= 0.6 is 11.3 Å². The zero-order valence-corrected chi connectivity index (χ0v) is 15.3. The molecule has 1 aliphatic rings. The molecule has 1 aromatic carbocycles. The van der Waals surface area contributed by atoms with Crippen LogP contribution in [0, 0.1) is 0 Å². The summed E-state index contributed by atoms with van der Waals surface area (Å²) in [6.07, 6.45) is 1.01. The molecule has 5 nitrogen and oxygen atoms in total. The third-order valence-corrected chi connectivity index (χ3v) is 6.05. The lowest BCUT2D eigenvalue weighted by Gasteiger charge is -2.47. The highest BCUT2D eigenvalue weighted by atomic mass is 32.1. The number of benzene rings is 1. The molecule has 1 N–H and O–H groups in total. The first-order valence-corrected chi connectivity index (χ1v) is 9.51. The smallest absolute Gasteiger partial charge is 0.407 e. The molecule has 130 valence electrons. The summed E-state index contributed by atoms with van der Waals surface area (Å²) < 4.78 is 1.21. The van der Waals surface area contributed by atoms with E-state index in [0.29, 0.717) is 6.54 Å². The average molecular weight is 347 g/mol. The number of amides is 1. The van der Waals surface area contributed by atoms with E-state index in [1.54, 1.807) is 16.2 Å². The van der Waals surface area contributed by atoms with Crippen molar-refractivity contribution in [3.8, 4) is 0 Å². The second kappa shape index (κ2) is 7.07. The molecule has 3 atom stereocenters. The number of carbonyl (C=O) groups is 1. The van der Waals surface area contributed by atoms with Crippen LogP contribution < -0.4 is 0 Å². The van der Waals surface area contributed by atoms with E-state index < -0.39 is 6.09 Å². The van der Waals surface area contributed by atoms with Crippen molar-refractivity contribution in [1.82, 2.24) is 14.8 Å². The number of rotatable bonds is 4. The molecule has 1 unspecified atom stereocenters. The molecule has 0 radical (unpaired) electrons. The SMILES string of the molecule is CC[C@H]1CN(C(C)c2ccc3ncsc3c2)[C@H](CC)CN1C(=O)O. The van der Waals surface area contributed by atoms with Gasteiger partial charge in [0.05, 0.1) is 15.7 Å². The summed E-state index contributed by atoms with van der Waals surface area (Å²) in [6, 6.07) is 7.07. The third kappa shape index (κ3) is 3.13. The summed E-state index contributed by atoms with van der Waals surface area (Å²) in [5.41, 5.74) is 4.21. The minimum atomic E-state index is -0.793. The van der Waals surface area contributed by atoms with Gasteiger partial charge in [0.25, 0.3) is 0 Å². The van der Waals surface area contributed by atoms with Crippen LogP contribution in [0.3, 0.4) is 0 Å². The number of hydrogen-bond acceptors (Lipinski definition) is 4. The molecular formula is C18H25N3O2S. The fourth-order valence-corrected chi connectivity index (χ4v) is 4.44. The fourth-order valence-electron chi connectivity index (χ4n) is 3.72. The lowest BCUT2D eigenvalue weighted by molar-refractivity contribution is 0.00850. The second-order valence-corrected chi connectivity index (χ2v) is 7.40. The van der Waals surface area contributed by atoms with E-state index in [4.69, 9.17) is 0 Å². The highest BCUT2D eigenvalue weighted by Crippen LogP contribution is 2.31. The largest absolute Gasteiger partial charge is 0.465 e. The molecule has 0 aliphatic carbocycles. The van der Waals surface area contributed by atoms with Crippen LogP contribution in [0.4, 0.5) is 4.79 Å². The summed E-state index contributed by atoms with van der Waals surface area (Å²) in [5, 5.41) is 9.49. The van der Waals surface area contributed by atoms with Gasteiger partial charge in [0.1, 0.15) is 0 Å². The van der Waals surface area contributed by atoms with E-state index in [0.717, 1.165) is 24.9 Å². The number of hydrogen-bond donors (Lipinski definition) is 1. The minimum absolute atomic E-state index is 0.0693. The van der Waals surface area contributed by atoms with Gasteiger partial charge in [-0.15, -0.1) is 11.3 Å². The Bertz CT molecular complexity index is 717. The third-order valence-electron chi connectivity index (χ3n) is 5.26. The molecule has 1 amide bonds. The zero-order valence-electron chi connectivity index (χ0n) is 14.5. The Morgan fingerprint density at radius 1 is 1.33 bits per heavy atom. The van der Waals surface area contributed by atoms with Gasteiger partial charge in [0.2, 0.25) is 0 Å². The number of piperazine rings is 1. The summed E-state index contributed by atoms with van der Waals surface area (Å²) in [7, 11) is 0. The van der Waals surface area contributed by atoms with Crippen molar-refractivity contribution in [2.75, 3.05) is 13.1 Å². The molecule has 1 aromatic heterocycles. The van der Waals surface area contributed by atoms with E-state index in [1.165, 1.54) is 10.3 Å². The second-order valence-electron chi connectivity index (χ2n) is 6.51. The van der Waals surface area contributed by atoms with E-state index in [1.807, 2.05) is 5.51 Å². The van der Waals surface area contributed by atoms with E-state index in [-0.39, 0.29) is 18.1 Å². The number of carboxylic acid groups (broad SMARTS) is 1. The Kier molecular flexibility index (Phi) is 5.06. The number of fused-ring (bicyclic) bond motifs is 1. The predicted octanol–water partition coefficient (Wildman–Crippen LogP) is 4.21. The first kappa shape index (κ1) is 17.2. The van der Waals surface area contributed by atoms with Crippen molar-refractivity contribution >= 4 is 27.6 Å². The topological polar surface area (TPSA) is 56.7 Å². The summed E-state index contributed by atoms with van der Waals surface area (Å²) >= 11 is 1.67. The maximum absolute atomic E-state index is 11.6. The molecule has 0 saturated carbocycles. The number of thiazole rings is 1. The van der Waals surface area contributed by atoms with Gasteiger partial charge >= 0.3 is 6.09 Å². The van der Waals surface area contributed by atoms with Gasteiger partial charge < -0.3 is 10.0 Å². The van der Waals surface area contributed by atoms with Crippen molar-refractivity contribution in [2.24, 2.45) is 0 Å². The molecule has 3 rings (SSSR count). The van der Waals surface area contributed by atoms with Gasteiger partial charge in [0, 0.05) is 31.2 Å². The van der Waals surface area contributed by atoms with Crippen LogP contribution in [-0.4, -0.2) is 51.2 Å². The lowest BCUT2D eigenvalue weighted by Crippen LogP contribution is -2.59. The molecule has 2 heterocycles.